The zero-order valence-electron chi connectivity index (χ0n) is 10.7. The van der Waals surface area contributed by atoms with Gasteiger partial charge in [-0.15, -0.1) is 0 Å². The first-order chi connectivity index (χ1) is 8.52. The lowest BCUT2D eigenvalue weighted by atomic mass is 9.83. The Labute approximate surface area is 107 Å². The Balaban J connectivity index is 2.40. The lowest BCUT2D eigenvalue weighted by Crippen LogP contribution is -2.31. The van der Waals surface area contributed by atoms with E-state index in [2.05, 4.69) is 0 Å². The van der Waals surface area contributed by atoms with Crippen molar-refractivity contribution in [2.45, 2.75) is 25.4 Å². The predicted molar refractivity (Wildman–Crippen MR) is 69.9 cm³/mol. The molecule has 0 aliphatic heterocycles. The minimum atomic E-state index is -0.980. The van der Waals surface area contributed by atoms with Crippen LogP contribution in [-0.4, -0.2) is 23.8 Å². The van der Waals surface area contributed by atoms with E-state index in [1.54, 1.807) is 13.0 Å². The van der Waals surface area contributed by atoms with Gasteiger partial charge in [-0.3, -0.25) is 4.79 Å². The molecule has 0 unspecified atom stereocenters. The van der Waals surface area contributed by atoms with Gasteiger partial charge < -0.3 is 9.84 Å². The highest BCUT2D eigenvalue weighted by atomic mass is 16.5. The predicted octanol–water partition coefficient (Wildman–Crippen LogP) is 2.19. The second-order valence-electron chi connectivity index (χ2n) is 5.02. The van der Waals surface area contributed by atoms with E-state index in [1.807, 2.05) is 30.3 Å². The second kappa shape index (κ2) is 4.94. The highest BCUT2D eigenvalue weighted by molar-refractivity contribution is 5.73. The van der Waals surface area contributed by atoms with Crippen molar-refractivity contribution < 1.29 is 14.6 Å². The molecule has 0 heterocycles. The highest BCUT2D eigenvalue weighted by Crippen LogP contribution is 2.28. The fourth-order valence-corrected chi connectivity index (χ4v) is 2.39. The molecule has 0 saturated heterocycles. The molecule has 1 aliphatic carbocycles. The van der Waals surface area contributed by atoms with Crippen molar-refractivity contribution in [2.75, 3.05) is 7.11 Å². The normalized spacial score (nSPS) is 28.7. The molecule has 0 aromatic heterocycles. The Bertz CT molecular complexity index is 474. The van der Waals surface area contributed by atoms with Crippen LogP contribution in [0.4, 0.5) is 0 Å². The molecule has 3 heteroatoms. The number of benzene rings is 1. The molecule has 0 saturated carbocycles. The third-order valence-electron chi connectivity index (χ3n) is 3.34. The number of carbonyl (C=O) groups excluding carboxylic acids is 1. The zero-order valence-corrected chi connectivity index (χ0v) is 10.7. The second-order valence-corrected chi connectivity index (χ2v) is 5.02. The number of esters is 1. The SMILES string of the molecule is COC(=O)[C@H]1Cc2ccccc2/C=C\[C@](C)(O)C1. The van der Waals surface area contributed by atoms with Gasteiger partial charge in [-0.25, -0.2) is 0 Å². The molecule has 2 atom stereocenters. The monoisotopic (exact) mass is 246 g/mol. The van der Waals surface area contributed by atoms with Gasteiger partial charge in [0.2, 0.25) is 0 Å². The summed E-state index contributed by atoms with van der Waals surface area (Å²) in [5.74, 6) is -0.573. The van der Waals surface area contributed by atoms with E-state index < -0.39 is 5.60 Å². The Morgan fingerprint density at radius 1 is 1.44 bits per heavy atom. The van der Waals surface area contributed by atoms with Gasteiger partial charge in [0.15, 0.2) is 0 Å². The summed E-state index contributed by atoms with van der Waals surface area (Å²) < 4.78 is 4.82. The van der Waals surface area contributed by atoms with Crippen molar-refractivity contribution in [3.05, 3.63) is 41.5 Å². The molecule has 1 aromatic rings. The summed E-state index contributed by atoms with van der Waals surface area (Å²) in [6.45, 7) is 1.72. The summed E-state index contributed by atoms with van der Waals surface area (Å²) in [6, 6.07) is 7.91. The quantitative estimate of drug-likeness (QED) is 0.773. The van der Waals surface area contributed by atoms with E-state index in [0.717, 1.165) is 11.1 Å². The van der Waals surface area contributed by atoms with Crippen LogP contribution in [0.3, 0.4) is 0 Å². The van der Waals surface area contributed by atoms with E-state index in [1.165, 1.54) is 7.11 Å². The number of carbonyl (C=O) groups is 1. The standard InChI is InChI=1S/C15H18O3/c1-15(17)8-7-11-5-3-4-6-12(11)9-13(10-15)14(16)18-2/h3-8,13,17H,9-10H2,1-2H3/b8-7-/t13-,15-/m0/s1. The van der Waals surface area contributed by atoms with Gasteiger partial charge in [0.25, 0.3) is 0 Å². The van der Waals surface area contributed by atoms with Crippen molar-refractivity contribution in [1.29, 1.82) is 0 Å². The molecule has 0 bridgehead atoms. The minimum absolute atomic E-state index is 0.264. The zero-order chi connectivity index (χ0) is 13.2. The van der Waals surface area contributed by atoms with Crippen LogP contribution in [0.2, 0.25) is 0 Å². The van der Waals surface area contributed by atoms with Crippen LogP contribution in [0.25, 0.3) is 6.08 Å². The summed E-state index contributed by atoms with van der Waals surface area (Å²) >= 11 is 0. The minimum Gasteiger partial charge on any atom is -0.469 e. The summed E-state index contributed by atoms with van der Waals surface area (Å²) in [6.07, 6.45) is 4.65. The van der Waals surface area contributed by atoms with E-state index in [-0.39, 0.29) is 11.9 Å². The van der Waals surface area contributed by atoms with Gasteiger partial charge in [0, 0.05) is 0 Å². The van der Waals surface area contributed by atoms with Crippen LogP contribution >= 0.6 is 0 Å². The average Bonchev–Trinajstić information content (AvgIpc) is 2.34. The van der Waals surface area contributed by atoms with E-state index in [9.17, 15) is 9.90 Å². The Morgan fingerprint density at radius 3 is 2.89 bits per heavy atom. The van der Waals surface area contributed by atoms with Gasteiger partial charge >= 0.3 is 5.97 Å². The lowest BCUT2D eigenvalue weighted by molar-refractivity contribution is -0.147. The average molecular weight is 246 g/mol. The largest absolute Gasteiger partial charge is 0.469 e. The molecule has 0 radical (unpaired) electrons. The van der Waals surface area contributed by atoms with Gasteiger partial charge in [-0.05, 0) is 30.9 Å². The van der Waals surface area contributed by atoms with E-state index in [4.69, 9.17) is 4.74 Å². The van der Waals surface area contributed by atoms with Crippen LogP contribution in [0.5, 0.6) is 0 Å². The fourth-order valence-electron chi connectivity index (χ4n) is 2.39. The third-order valence-corrected chi connectivity index (χ3v) is 3.34. The molecule has 96 valence electrons. The molecule has 0 amide bonds. The number of fused-ring (bicyclic) bond motifs is 1. The number of ether oxygens (including phenoxy) is 1. The van der Waals surface area contributed by atoms with Crippen molar-refractivity contribution in [1.82, 2.24) is 0 Å². The van der Waals surface area contributed by atoms with Crippen LogP contribution in [0, 0.1) is 5.92 Å². The Morgan fingerprint density at radius 2 is 2.17 bits per heavy atom. The van der Waals surface area contributed by atoms with Crippen molar-refractivity contribution in [2.24, 2.45) is 5.92 Å². The number of methoxy groups -OCH3 is 1. The maximum Gasteiger partial charge on any atom is 0.309 e. The topological polar surface area (TPSA) is 46.5 Å². The molecule has 2 rings (SSSR count). The third kappa shape index (κ3) is 2.79. The summed E-state index contributed by atoms with van der Waals surface area (Å²) in [5.41, 5.74) is 1.18. The number of hydrogen-bond donors (Lipinski definition) is 1. The molecule has 1 aliphatic rings. The van der Waals surface area contributed by atoms with E-state index in [0.29, 0.717) is 12.8 Å². The van der Waals surface area contributed by atoms with Crippen LogP contribution in [-0.2, 0) is 16.0 Å². The molecule has 1 aromatic carbocycles. The molecule has 0 fully saturated rings. The maximum atomic E-state index is 11.8. The van der Waals surface area contributed by atoms with Gasteiger partial charge in [-0.1, -0.05) is 36.4 Å². The maximum absolute atomic E-state index is 11.8. The van der Waals surface area contributed by atoms with Crippen LogP contribution in [0.15, 0.2) is 30.3 Å². The van der Waals surface area contributed by atoms with Crippen molar-refractivity contribution in [3.63, 3.8) is 0 Å². The first-order valence-corrected chi connectivity index (χ1v) is 6.09. The lowest BCUT2D eigenvalue weighted by Gasteiger charge is -2.27. The summed E-state index contributed by atoms with van der Waals surface area (Å²) in [4.78, 5) is 11.8. The molecule has 0 spiro atoms. The summed E-state index contributed by atoms with van der Waals surface area (Å²) in [5, 5.41) is 10.2. The first kappa shape index (κ1) is 12.8. The van der Waals surface area contributed by atoms with E-state index >= 15 is 0 Å². The summed E-state index contributed by atoms with van der Waals surface area (Å²) in [7, 11) is 1.39. The molecule has 18 heavy (non-hydrogen) atoms. The number of aliphatic hydroxyl groups is 1. The molecular formula is C15H18O3. The Kier molecular flexibility index (Phi) is 3.53. The van der Waals surface area contributed by atoms with Crippen LogP contribution in [0.1, 0.15) is 24.5 Å². The Hall–Kier alpha value is -1.61. The molecule has 3 nitrogen and oxygen atoms in total. The smallest absolute Gasteiger partial charge is 0.309 e. The van der Waals surface area contributed by atoms with Crippen molar-refractivity contribution >= 4 is 12.0 Å². The van der Waals surface area contributed by atoms with Gasteiger partial charge in [0.05, 0.1) is 18.6 Å². The number of hydrogen-bond acceptors (Lipinski definition) is 3. The highest BCUT2D eigenvalue weighted by Gasteiger charge is 2.30. The molecule has 1 N–H and O–H groups in total. The fraction of sp³-hybridized carbons (Fsp3) is 0.400. The van der Waals surface area contributed by atoms with Gasteiger partial charge in [-0.2, -0.15) is 0 Å². The first-order valence-electron chi connectivity index (χ1n) is 6.09. The van der Waals surface area contributed by atoms with Gasteiger partial charge in [0.1, 0.15) is 0 Å². The molecular weight excluding hydrogens is 228 g/mol. The van der Waals surface area contributed by atoms with Crippen molar-refractivity contribution in [3.8, 4) is 0 Å². The van der Waals surface area contributed by atoms with Crippen LogP contribution < -0.4 is 0 Å². The number of rotatable bonds is 1.